The van der Waals surface area contributed by atoms with E-state index < -0.39 is 7.59 Å². The van der Waals surface area contributed by atoms with E-state index in [1.165, 1.54) is 0 Å². The van der Waals surface area contributed by atoms with Crippen molar-refractivity contribution in [2.45, 2.75) is 72.2 Å². The second-order valence-corrected chi connectivity index (χ2v) is 9.63. The molecule has 0 N–H and O–H groups in total. The number of hydrogen-bond acceptors (Lipinski definition) is 1. The summed E-state index contributed by atoms with van der Waals surface area (Å²) >= 11 is 35.0. The summed E-state index contributed by atoms with van der Waals surface area (Å²) in [6, 6.07) is 0. The van der Waals surface area contributed by atoms with E-state index in [4.69, 9.17) is 74.3 Å². The van der Waals surface area contributed by atoms with Crippen molar-refractivity contribution < 1.29 is 4.74 Å². The van der Waals surface area contributed by atoms with Crippen LogP contribution in [0.1, 0.15) is 52.4 Å². The summed E-state index contributed by atoms with van der Waals surface area (Å²) in [5, 5.41) is 0. The van der Waals surface area contributed by atoms with Gasteiger partial charge in [-0.3, -0.25) is 0 Å². The third-order valence-corrected chi connectivity index (χ3v) is 3.45. The molecule has 0 saturated carbocycles. The van der Waals surface area contributed by atoms with Crippen LogP contribution < -0.4 is 0 Å². The fraction of sp³-hybridized carbons (Fsp3) is 1.00. The van der Waals surface area contributed by atoms with Gasteiger partial charge in [0.1, 0.15) is 0 Å². The molecule has 7 heteroatoms. The van der Waals surface area contributed by atoms with Crippen molar-refractivity contribution in [1.82, 2.24) is 0 Å². The van der Waals surface area contributed by atoms with E-state index >= 15 is 0 Å². The minimum absolute atomic E-state index is 0.138. The van der Waals surface area contributed by atoms with Crippen LogP contribution in [0.5, 0.6) is 0 Å². The molecule has 0 rings (SSSR count). The summed E-state index contributed by atoms with van der Waals surface area (Å²) < 4.78 is 3.33. The molecule has 1 nitrogen and oxygen atoms in total. The van der Waals surface area contributed by atoms with Crippen molar-refractivity contribution in [3.8, 4) is 0 Å². The van der Waals surface area contributed by atoms with Crippen LogP contribution in [0.25, 0.3) is 0 Å². The molecule has 0 spiro atoms. The molecule has 19 heavy (non-hydrogen) atoms. The molecule has 0 bridgehead atoms. The molecule has 0 fully saturated rings. The predicted molar refractivity (Wildman–Crippen MR) is 88.3 cm³/mol. The lowest BCUT2D eigenvalue weighted by Crippen LogP contribution is -2.29. The van der Waals surface area contributed by atoms with Gasteiger partial charge in [0.05, 0.1) is 12.2 Å². The van der Waals surface area contributed by atoms with E-state index in [9.17, 15) is 0 Å². The Balaban J connectivity index is 4.55. The van der Waals surface area contributed by atoms with Gasteiger partial charge in [0, 0.05) is 12.8 Å². The number of rotatable bonds is 8. The van der Waals surface area contributed by atoms with Crippen molar-refractivity contribution in [3.05, 3.63) is 0 Å². The van der Waals surface area contributed by atoms with Gasteiger partial charge in [-0.15, -0.1) is 0 Å². The quantitative estimate of drug-likeness (QED) is 0.410. The Hall–Kier alpha value is 1.70. The molecule has 116 valence electrons. The van der Waals surface area contributed by atoms with Gasteiger partial charge in [-0.05, 0) is 12.8 Å². The van der Waals surface area contributed by atoms with Crippen molar-refractivity contribution >= 4 is 69.6 Å². The maximum Gasteiger partial charge on any atom is 0.193 e. The first kappa shape index (κ1) is 20.7. The molecule has 0 radical (unpaired) electrons. The first-order valence-electron chi connectivity index (χ1n) is 6.36. The van der Waals surface area contributed by atoms with Gasteiger partial charge in [0.15, 0.2) is 7.59 Å². The van der Waals surface area contributed by atoms with Gasteiger partial charge in [-0.2, -0.15) is 0 Å². The molecular weight excluding hydrogens is 373 g/mol. The van der Waals surface area contributed by atoms with Crippen molar-refractivity contribution in [2.75, 3.05) is 0 Å². The summed E-state index contributed by atoms with van der Waals surface area (Å²) in [7, 11) is 0. The molecule has 0 saturated heterocycles. The number of ether oxygens (including phenoxy) is 1. The molecule has 0 aliphatic heterocycles. The van der Waals surface area contributed by atoms with E-state index in [2.05, 4.69) is 13.8 Å². The molecule has 0 aliphatic carbocycles. The first-order valence-corrected chi connectivity index (χ1v) is 8.63. The minimum atomic E-state index is -1.32. The summed E-state index contributed by atoms with van der Waals surface area (Å²) in [4.78, 5) is 0. The van der Waals surface area contributed by atoms with Crippen molar-refractivity contribution in [2.24, 2.45) is 0 Å². The summed E-state index contributed by atoms with van der Waals surface area (Å²) in [5.41, 5.74) is 0. The van der Waals surface area contributed by atoms with Crippen LogP contribution >= 0.6 is 69.6 Å². The molecule has 2 unspecified atom stereocenters. The summed E-state index contributed by atoms with van der Waals surface area (Å²) in [5.74, 6) is 0. The highest BCUT2D eigenvalue weighted by atomic mass is 35.6. The van der Waals surface area contributed by atoms with Crippen LogP contribution in [0.15, 0.2) is 0 Å². The lowest BCUT2D eigenvalue weighted by atomic mass is 10.1. The highest BCUT2D eigenvalue weighted by Gasteiger charge is 2.31. The van der Waals surface area contributed by atoms with Gasteiger partial charge in [0.2, 0.25) is 0 Å². The predicted octanol–water partition coefficient (Wildman–Crippen LogP) is 6.86. The second kappa shape index (κ2) is 9.66. The summed E-state index contributed by atoms with van der Waals surface area (Å²) in [6.45, 7) is 4.11. The molecule has 0 aromatic heterocycles. The van der Waals surface area contributed by atoms with Gasteiger partial charge >= 0.3 is 0 Å². The Bertz CT molecular complexity index is 211. The minimum Gasteiger partial charge on any atom is -0.375 e. The van der Waals surface area contributed by atoms with Gasteiger partial charge < -0.3 is 4.74 Å². The van der Waals surface area contributed by atoms with Crippen molar-refractivity contribution in [3.63, 3.8) is 0 Å². The zero-order chi connectivity index (χ0) is 15.1. The average Bonchev–Trinajstić information content (AvgIpc) is 2.12. The largest absolute Gasteiger partial charge is 0.375 e. The van der Waals surface area contributed by atoms with Crippen LogP contribution in [-0.4, -0.2) is 19.8 Å². The standard InChI is InChI=1S/C12H20Cl6O/c1-3-5-9(7-11(13,14)15)19-10(6-4-2)8-12(16,17)18/h9-10H,3-8H2,1-2H3. The van der Waals surface area contributed by atoms with Crippen LogP contribution in [0.3, 0.4) is 0 Å². The van der Waals surface area contributed by atoms with E-state index in [0.29, 0.717) is 12.8 Å². The zero-order valence-electron chi connectivity index (χ0n) is 11.1. The van der Waals surface area contributed by atoms with Gasteiger partial charge in [0.25, 0.3) is 0 Å². The number of alkyl halides is 6. The maximum atomic E-state index is 5.98. The topological polar surface area (TPSA) is 9.23 Å². The first-order chi connectivity index (χ1) is 8.57. The molecule has 0 amide bonds. The Morgan fingerprint density at radius 3 is 1.26 bits per heavy atom. The summed E-state index contributed by atoms with van der Waals surface area (Å²) in [6.07, 6.45) is 3.91. The average molecular weight is 393 g/mol. The Labute approximate surface area is 146 Å². The highest BCUT2D eigenvalue weighted by molar-refractivity contribution is 6.68. The Kier molecular flexibility index (Phi) is 10.5. The zero-order valence-corrected chi connectivity index (χ0v) is 15.6. The van der Waals surface area contributed by atoms with Crippen LogP contribution in [0.4, 0.5) is 0 Å². The molecule has 0 aromatic carbocycles. The van der Waals surface area contributed by atoms with Gasteiger partial charge in [-0.25, -0.2) is 0 Å². The molecular formula is C12H20Cl6O. The maximum absolute atomic E-state index is 5.98. The fourth-order valence-electron chi connectivity index (χ4n) is 1.87. The van der Waals surface area contributed by atoms with Crippen molar-refractivity contribution in [1.29, 1.82) is 0 Å². The highest BCUT2D eigenvalue weighted by Crippen LogP contribution is 2.37. The van der Waals surface area contributed by atoms with E-state index in [-0.39, 0.29) is 12.2 Å². The Morgan fingerprint density at radius 2 is 1.05 bits per heavy atom. The number of hydrogen-bond donors (Lipinski definition) is 0. The fourth-order valence-corrected chi connectivity index (χ4v) is 2.90. The lowest BCUT2D eigenvalue weighted by Gasteiger charge is -2.28. The molecule has 0 aromatic rings. The van der Waals surface area contributed by atoms with Crippen LogP contribution in [-0.2, 0) is 4.74 Å². The Morgan fingerprint density at radius 1 is 0.737 bits per heavy atom. The van der Waals surface area contributed by atoms with Gasteiger partial charge in [-0.1, -0.05) is 96.3 Å². The van der Waals surface area contributed by atoms with E-state index in [1.54, 1.807) is 0 Å². The monoisotopic (exact) mass is 390 g/mol. The van der Waals surface area contributed by atoms with Crippen LogP contribution in [0.2, 0.25) is 0 Å². The molecule has 0 aliphatic rings. The molecule has 2 atom stereocenters. The lowest BCUT2D eigenvalue weighted by molar-refractivity contribution is -0.0275. The van der Waals surface area contributed by atoms with Crippen LogP contribution in [0, 0.1) is 0 Å². The smallest absolute Gasteiger partial charge is 0.193 e. The third kappa shape index (κ3) is 13.1. The molecule has 0 heterocycles. The normalized spacial score (nSPS) is 16.4. The second-order valence-electron chi connectivity index (χ2n) is 4.60. The van der Waals surface area contributed by atoms with E-state index in [1.807, 2.05) is 0 Å². The number of halogens is 6. The third-order valence-electron chi connectivity index (χ3n) is 2.52. The SMILES string of the molecule is CCCC(CC(Cl)(Cl)Cl)OC(CCC)CC(Cl)(Cl)Cl. The van der Waals surface area contributed by atoms with E-state index in [0.717, 1.165) is 25.7 Å².